The second-order valence-electron chi connectivity index (χ2n) is 4.51. The molecule has 0 bridgehead atoms. The van der Waals surface area contributed by atoms with Crippen molar-refractivity contribution < 1.29 is 4.79 Å². The average molecular weight is 264 g/mol. The van der Waals surface area contributed by atoms with Crippen LogP contribution >= 0.6 is 11.3 Å². The molecular weight excluding hydrogens is 248 g/mol. The van der Waals surface area contributed by atoms with Crippen LogP contribution in [0.15, 0.2) is 0 Å². The number of nitriles is 1. The smallest absolute Gasteiger partial charge is 0.263 e. The Bertz CT molecular complexity index is 513. The molecule has 1 saturated carbocycles. The summed E-state index contributed by atoms with van der Waals surface area (Å²) in [4.78, 5) is 12.0. The van der Waals surface area contributed by atoms with Crippen molar-refractivity contribution in [2.75, 3.05) is 18.1 Å². The second-order valence-corrected chi connectivity index (χ2v) is 5.53. The van der Waals surface area contributed by atoms with Crippen LogP contribution in [0.1, 0.15) is 35.0 Å². The normalized spacial score (nSPS) is 15.8. The number of nitrogens with one attached hydrogen (secondary N) is 2. The summed E-state index contributed by atoms with van der Waals surface area (Å²) in [6, 6.07) is 2.38. The largest absolute Gasteiger partial charge is 0.396 e. The van der Waals surface area contributed by atoms with E-state index in [1.807, 2.05) is 0 Å². The van der Waals surface area contributed by atoms with Crippen molar-refractivity contribution in [2.24, 2.45) is 5.92 Å². The Balaban J connectivity index is 2.28. The SMILES string of the molecule is CNC(=O)c1sc(NC(C)C2CC2)c(C#N)c1N. The minimum absolute atomic E-state index is 0.249. The van der Waals surface area contributed by atoms with Crippen molar-refractivity contribution in [2.45, 2.75) is 25.8 Å². The maximum atomic E-state index is 11.6. The summed E-state index contributed by atoms with van der Waals surface area (Å²) >= 11 is 1.25. The van der Waals surface area contributed by atoms with E-state index in [4.69, 9.17) is 11.0 Å². The lowest BCUT2D eigenvalue weighted by Crippen LogP contribution is -2.17. The van der Waals surface area contributed by atoms with Gasteiger partial charge in [0.1, 0.15) is 21.5 Å². The second kappa shape index (κ2) is 4.86. The van der Waals surface area contributed by atoms with E-state index in [9.17, 15) is 4.79 Å². The molecule has 1 unspecified atom stereocenters. The summed E-state index contributed by atoms with van der Waals surface area (Å²) in [5, 5.41) is 15.7. The summed E-state index contributed by atoms with van der Waals surface area (Å²) in [7, 11) is 1.55. The number of nitrogens with two attached hydrogens (primary N) is 1. The third kappa shape index (κ3) is 2.27. The van der Waals surface area contributed by atoms with Crippen LogP contribution in [-0.2, 0) is 0 Å². The van der Waals surface area contributed by atoms with Gasteiger partial charge in [-0.1, -0.05) is 0 Å². The van der Waals surface area contributed by atoms with Crippen molar-refractivity contribution in [3.8, 4) is 6.07 Å². The van der Waals surface area contributed by atoms with Crippen LogP contribution in [0, 0.1) is 17.2 Å². The standard InChI is InChI=1S/C12H16N4OS/c1-6(7-3-4-7)16-12-8(5-13)9(14)10(18-12)11(17)15-2/h6-7,16H,3-4,14H2,1-2H3,(H,15,17). The van der Waals surface area contributed by atoms with Crippen molar-refractivity contribution >= 4 is 27.9 Å². The van der Waals surface area contributed by atoms with E-state index >= 15 is 0 Å². The van der Waals surface area contributed by atoms with Gasteiger partial charge in [0.15, 0.2) is 0 Å². The number of anilines is 2. The minimum Gasteiger partial charge on any atom is -0.396 e. The van der Waals surface area contributed by atoms with Crippen molar-refractivity contribution in [1.82, 2.24) is 5.32 Å². The van der Waals surface area contributed by atoms with Gasteiger partial charge in [-0.15, -0.1) is 11.3 Å². The Morgan fingerprint density at radius 2 is 2.28 bits per heavy atom. The van der Waals surface area contributed by atoms with Crippen LogP contribution in [0.25, 0.3) is 0 Å². The molecule has 96 valence electrons. The molecular formula is C12H16N4OS. The Morgan fingerprint density at radius 1 is 1.61 bits per heavy atom. The van der Waals surface area contributed by atoms with Crippen LogP contribution in [0.3, 0.4) is 0 Å². The van der Waals surface area contributed by atoms with Gasteiger partial charge in [-0.05, 0) is 25.7 Å². The van der Waals surface area contributed by atoms with Crippen LogP contribution in [-0.4, -0.2) is 19.0 Å². The summed E-state index contributed by atoms with van der Waals surface area (Å²) < 4.78 is 0. The van der Waals surface area contributed by atoms with E-state index in [0.29, 0.717) is 27.4 Å². The molecule has 1 aromatic heterocycles. The average Bonchev–Trinajstić information content (AvgIpc) is 3.15. The summed E-state index contributed by atoms with van der Waals surface area (Å²) in [6.07, 6.45) is 2.44. The zero-order chi connectivity index (χ0) is 13.3. The molecule has 1 aliphatic carbocycles. The molecule has 1 heterocycles. The molecule has 1 amide bonds. The number of carbonyl (C=O) groups is 1. The zero-order valence-corrected chi connectivity index (χ0v) is 11.2. The number of thiophene rings is 1. The van der Waals surface area contributed by atoms with Crippen molar-refractivity contribution in [3.05, 3.63) is 10.4 Å². The third-order valence-electron chi connectivity index (χ3n) is 3.18. The molecule has 0 aliphatic heterocycles. The topological polar surface area (TPSA) is 90.9 Å². The van der Waals surface area contributed by atoms with Crippen LogP contribution < -0.4 is 16.4 Å². The van der Waals surface area contributed by atoms with Crippen LogP contribution in [0.5, 0.6) is 0 Å². The first-order valence-electron chi connectivity index (χ1n) is 5.89. The van der Waals surface area contributed by atoms with E-state index < -0.39 is 0 Å². The highest BCUT2D eigenvalue weighted by Crippen LogP contribution is 2.39. The molecule has 6 heteroatoms. The molecule has 0 radical (unpaired) electrons. The van der Waals surface area contributed by atoms with E-state index in [0.717, 1.165) is 0 Å². The van der Waals surface area contributed by atoms with E-state index in [-0.39, 0.29) is 11.6 Å². The van der Waals surface area contributed by atoms with Gasteiger partial charge in [0.05, 0.1) is 5.69 Å². The molecule has 0 aromatic carbocycles. The van der Waals surface area contributed by atoms with Gasteiger partial charge >= 0.3 is 0 Å². The van der Waals surface area contributed by atoms with Gasteiger partial charge in [-0.3, -0.25) is 4.79 Å². The molecule has 4 N–H and O–H groups in total. The lowest BCUT2D eigenvalue weighted by atomic mass is 10.2. The van der Waals surface area contributed by atoms with Crippen molar-refractivity contribution in [3.63, 3.8) is 0 Å². The molecule has 1 fully saturated rings. The Labute approximate surface area is 110 Å². The molecule has 0 spiro atoms. The van der Waals surface area contributed by atoms with E-state index in [2.05, 4.69) is 23.6 Å². The van der Waals surface area contributed by atoms with Gasteiger partial charge in [-0.2, -0.15) is 5.26 Å². The molecule has 1 aliphatic rings. The van der Waals surface area contributed by atoms with Gasteiger partial charge in [0, 0.05) is 13.1 Å². The Kier molecular flexibility index (Phi) is 3.43. The Hall–Kier alpha value is -1.74. The van der Waals surface area contributed by atoms with Crippen LogP contribution in [0.2, 0.25) is 0 Å². The fraction of sp³-hybridized carbons (Fsp3) is 0.500. The lowest BCUT2D eigenvalue weighted by Gasteiger charge is -2.12. The van der Waals surface area contributed by atoms with Gasteiger partial charge in [0.2, 0.25) is 0 Å². The first-order valence-corrected chi connectivity index (χ1v) is 6.71. The number of amides is 1. The van der Waals surface area contributed by atoms with E-state index in [1.54, 1.807) is 7.05 Å². The monoisotopic (exact) mass is 264 g/mol. The molecule has 1 atom stereocenters. The van der Waals surface area contributed by atoms with Gasteiger partial charge in [-0.25, -0.2) is 0 Å². The molecule has 0 saturated heterocycles. The minimum atomic E-state index is -0.249. The highest BCUT2D eigenvalue weighted by Gasteiger charge is 2.29. The number of nitrogen functional groups attached to an aromatic ring is 1. The maximum absolute atomic E-state index is 11.6. The number of hydrogen-bond acceptors (Lipinski definition) is 5. The van der Waals surface area contributed by atoms with E-state index in [1.165, 1.54) is 24.2 Å². The Morgan fingerprint density at radius 3 is 2.78 bits per heavy atom. The number of rotatable bonds is 4. The fourth-order valence-corrected chi connectivity index (χ4v) is 2.97. The molecule has 2 rings (SSSR count). The summed E-state index contributed by atoms with van der Waals surface area (Å²) in [5.74, 6) is 0.421. The number of carbonyl (C=O) groups excluding carboxylic acids is 1. The zero-order valence-electron chi connectivity index (χ0n) is 10.4. The predicted octanol–water partition coefficient (Wildman–Crippen LogP) is 1.77. The van der Waals surface area contributed by atoms with Gasteiger partial charge in [0.25, 0.3) is 5.91 Å². The van der Waals surface area contributed by atoms with Crippen molar-refractivity contribution in [1.29, 1.82) is 5.26 Å². The molecule has 18 heavy (non-hydrogen) atoms. The first kappa shape index (κ1) is 12.7. The maximum Gasteiger partial charge on any atom is 0.263 e. The lowest BCUT2D eigenvalue weighted by molar-refractivity contribution is 0.0968. The highest BCUT2D eigenvalue weighted by atomic mass is 32.1. The molecule has 1 aromatic rings. The first-order chi connectivity index (χ1) is 8.58. The molecule has 5 nitrogen and oxygen atoms in total. The third-order valence-corrected chi connectivity index (χ3v) is 4.31. The number of nitrogens with zero attached hydrogens (tertiary/aromatic N) is 1. The predicted molar refractivity (Wildman–Crippen MR) is 72.6 cm³/mol. The summed E-state index contributed by atoms with van der Waals surface area (Å²) in [5.41, 5.74) is 6.50. The fourth-order valence-electron chi connectivity index (χ4n) is 1.86. The summed E-state index contributed by atoms with van der Waals surface area (Å²) in [6.45, 7) is 2.09. The number of hydrogen-bond donors (Lipinski definition) is 3. The highest BCUT2D eigenvalue weighted by molar-refractivity contribution is 7.18. The quantitative estimate of drug-likeness (QED) is 0.773. The van der Waals surface area contributed by atoms with Crippen LogP contribution in [0.4, 0.5) is 10.7 Å². The van der Waals surface area contributed by atoms with Gasteiger partial charge < -0.3 is 16.4 Å².